The minimum atomic E-state index is -4.86. The van der Waals surface area contributed by atoms with Gasteiger partial charge in [0.2, 0.25) is 5.91 Å². The molecule has 6 nitrogen and oxygen atoms in total. The zero-order valence-electron chi connectivity index (χ0n) is 11.8. The quantitative estimate of drug-likeness (QED) is 0.772. The van der Waals surface area contributed by atoms with E-state index in [4.69, 9.17) is 9.84 Å². The van der Waals surface area contributed by atoms with Gasteiger partial charge in [0.05, 0.1) is 13.2 Å². The summed E-state index contributed by atoms with van der Waals surface area (Å²) in [5.74, 6) is -4.93. The summed E-state index contributed by atoms with van der Waals surface area (Å²) in [7, 11) is 0. The summed E-state index contributed by atoms with van der Waals surface area (Å²) in [5, 5.41) is 11.3. The van der Waals surface area contributed by atoms with Gasteiger partial charge in [-0.25, -0.2) is 0 Å². The summed E-state index contributed by atoms with van der Waals surface area (Å²) in [4.78, 5) is 24.0. The van der Waals surface area contributed by atoms with Gasteiger partial charge in [0.15, 0.2) is 5.92 Å². The molecule has 1 amide bonds. The summed E-state index contributed by atoms with van der Waals surface area (Å²) < 4.78 is 43.3. The van der Waals surface area contributed by atoms with Crippen LogP contribution >= 0.6 is 0 Å². The minimum absolute atomic E-state index is 0.0528. The van der Waals surface area contributed by atoms with Gasteiger partial charge in [0.1, 0.15) is 6.04 Å². The number of morpholine rings is 1. The number of hydrogen-bond acceptors (Lipinski definition) is 4. The first-order valence-corrected chi connectivity index (χ1v) is 6.54. The highest BCUT2D eigenvalue weighted by atomic mass is 19.4. The molecule has 0 aromatic rings. The molecule has 1 saturated heterocycles. The second kappa shape index (κ2) is 7.08. The summed E-state index contributed by atoms with van der Waals surface area (Å²) in [6, 6.07) is -1.08. The van der Waals surface area contributed by atoms with Crippen molar-refractivity contribution >= 4 is 11.9 Å². The van der Waals surface area contributed by atoms with Crippen LogP contribution < -0.4 is 5.32 Å². The van der Waals surface area contributed by atoms with E-state index in [1.54, 1.807) is 13.8 Å². The van der Waals surface area contributed by atoms with Crippen LogP contribution in [0, 0.1) is 5.92 Å². The first-order chi connectivity index (χ1) is 9.62. The first-order valence-electron chi connectivity index (χ1n) is 6.54. The second-order valence-corrected chi connectivity index (χ2v) is 5.18. The lowest BCUT2D eigenvalue weighted by atomic mass is 10.1. The van der Waals surface area contributed by atoms with Gasteiger partial charge in [-0.3, -0.25) is 14.5 Å². The molecule has 2 unspecified atom stereocenters. The number of carbonyl (C=O) groups excluding carboxylic acids is 1. The predicted molar refractivity (Wildman–Crippen MR) is 66.6 cm³/mol. The van der Waals surface area contributed by atoms with E-state index in [-0.39, 0.29) is 25.8 Å². The van der Waals surface area contributed by atoms with Crippen molar-refractivity contribution in [2.45, 2.75) is 32.1 Å². The molecule has 1 aliphatic rings. The van der Waals surface area contributed by atoms with Crippen LogP contribution in [0.5, 0.6) is 0 Å². The molecule has 0 aromatic carbocycles. The van der Waals surface area contributed by atoms with E-state index in [0.29, 0.717) is 0 Å². The third-order valence-electron chi connectivity index (χ3n) is 3.08. The molecule has 1 rings (SSSR count). The average molecular weight is 312 g/mol. The number of aliphatic carboxylic acids is 1. The zero-order valence-corrected chi connectivity index (χ0v) is 11.8. The van der Waals surface area contributed by atoms with Crippen molar-refractivity contribution in [3.63, 3.8) is 0 Å². The molecular weight excluding hydrogens is 293 g/mol. The predicted octanol–water partition coefficient (Wildman–Crippen LogP) is 0.475. The normalized spacial score (nSPS) is 22.1. The van der Waals surface area contributed by atoms with Gasteiger partial charge in [-0.15, -0.1) is 0 Å². The molecule has 0 bridgehead atoms. The van der Waals surface area contributed by atoms with E-state index >= 15 is 0 Å². The maximum absolute atomic E-state index is 12.7. The molecular formula is C12H19F3N2O4. The molecule has 0 radical (unpaired) electrons. The van der Waals surface area contributed by atoms with Crippen LogP contribution in [0.25, 0.3) is 0 Å². The Bertz CT molecular complexity index is 387. The smallest absolute Gasteiger partial charge is 0.403 e. The van der Waals surface area contributed by atoms with Crippen molar-refractivity contribution in [1.82, 2.24) is 10.2 Å². The van der Waals surface area contributed by atoms with Crippen LogP contribution in [0.4, 0.5) is 13.2 Å². The van der Waals surface area contributed by atoms with Crippen LogP contribution in [0.2, 0.25) is 0 Å². The number of nitrogens with one attached hydrogen (secondary N) is 1. The van der Waals surface area contributed by atoms with E-state index in [1.807, 2.05) is 0 Å². The van der Waals surface area contributed by atoms with Crippen molar-refractivity contribution in [2.24, 2.45) is 5.92 Å². The van der Waals surface area contributed by atoms with Crippen LogP contribution in [0.15, 0.2) is 0 Å². The van der Waals surface area contributed by atoms with Gasteiger partial charge in [-0.05, 0) is 13.8 Å². The van der Waals surface area contributed by atoms with Crippen molar-refractivity contribution < 1.29 is 32.6 Å². The van der Waals surface area contributed by atoms with Crippen LogP contribution in [-0.2, 0) is 14.3 Å². The van der Waals surface area contributed by atoms with Gasteiger partial charge in [0, 0.05) is 19.1 Å². The SMILES string of the molecule is CC(C)NC(=O)C1COCCN1CC(C(=O)O)C(F)(F)F. The number of ether oxygens (including phenoxy) is 1. The Balaban J connectivity index is 2.81. The van der Waals surface area contributed by atoms with E-state index in [2.05, 4.69) is 5.32 Å². The number of hydrogen-bond donors (Lipinski definition) is 2. The Labute approximate surface area is 120 Å². The molecule has 0 spiro atoms. The fourth-order valence-corrected chi connectivity index (χ4v) is 2.03. The summed E-state index contributed by atoms with van der Waals surface area (Å²) in [6.45, 7) is 2.87. The van der Waals surface area contributed by atoms with Crippen LogP contribution in [0.1, 0.15) is 13.8 Å². The van der Waals surface area contributed by atoms with Gasteiger partial charge in [0.25, 0.3) is 0 Å². The minimum Gasteiger partial charge on any atom is -0.481 e. The fourth-order valence-electron chi connectivity index (χ4n) is 2.03. The van der Waals surface area contributed by atoms with Crippen molar-refractivity contribution in [3.8, 4) is 0 Å². The van der Waals surface area contributed by atoms with Gasteiger partial charge in [-0.1, -0.05) is 0 Å². The summed E-state index contributed by atoms with van der Waals surface area (Å²) >= 11 is 0. The number of carbonyl (C=O) groups is 2. The van der Waals surface area contributed by atoms with Gasteiger partial charge in [-0.2, -0.15) is 13.2 Å². The number of carboxylic acid groups (broad SMARTS) is 1. The molecule has 0 aliphatic carbocycles. The number of amides is 1. The molecule has 0 aromatic heterocycles. The van der Waals surface area contributed by atoms with Gasteiger partial charge >= 0.3 is 12.1 Å². The highest BCUT2D eigenvalue weighted by Gasteiger charge is 2.47. The molecule has 1 aliphatic heterocycles. The Kier molecular flexibility index (Phi) is 5.97. The van der Waals surface area contributed by atoms with E-state index in [0.717, 1.165) is 0 Å². The number of halogens is 3. The van der Waals surface area contributed by atoms with Gasteiger partial charge < -0.3 is 15.2 Å². The van der Waals surface area contributed by atoms with Crippen LogP contribution in [-0.4, -0.2) is 66.4 Å². The molecule has 122 valence electrons. The lowest BCUT2D eigenvalue weighted by molar-refractivity contribution is -0.200. The fraction of sp³-hybridized carbons (Fsp3) is 0.833. The molecule has 9 heteroatoms. The van der Waals surface area contributed by atoms with E-state index in [9.17, 15) is 22.8 Å². The molecule has 1 fully saturated rings. The molecule has 2 atom stereocenters. The average Bonchev–Trinajstić information content (AvgIpc) is 2.33. The first kappa shape index (κ1) is 17.7. The van der Waals surface area contributed by atoms with Crippen molar-refractivity contribution in [2.75, 3.05) is 26.3 Å². The Morgan fingerprint density at radius 2 is 2.05 bits per heavy atom. The zero-order chi connectivity index (χ0) is 16.2. The molecule has 1 heterocycles. The maximum Gasteiger partial charge on any atom is 0.403 e. The Morgan fingerprint density at radius 3 is 2.52 bits per heavy atom. The largest absolute Gasteiger partial charge is 0.481 e. The molecule has 2 N–H and O–H groups in total. The molecule has 0 saturated carbocycles. The molecule has 21 heavy (non-hydrogen) atoms. The number of alkyl halides is 3. The number of carboxylic acids is 1. The van der Waals surface area contributed by atoms with E-state index < -0.39 is 36.6 Å². The summed E-state index contributed by atoms with van der Waals surface area (Å²) in [6.07, 6.45) is -4.86. The van der Waals surface area contributed by atoms with Crippen molar-refractivity contribution in [1.29, 1.82) is 0 Å². The Hall–Kier alpha value is -1.35. The summed E-state index contributed by atoms with van der Waals surface area (Å²) in [5.41, 5.74) is 0. The standard InChI is InChI=1S/C12H19F3N2O4/c1-7(2)16-10(18)9-6-21-4-3-17(9)5-8(11(19)20)12(13,14)15/h7-9H,3-6H2,1-2H3,(H,16,18)(H,19,20). The van der Waals surface area contributed by atoms with Crippen LogP contribution in [0.3, 0.4) is 0 Å². The maximum atomic E-state index is 12.7. The third-order valence-corrected chi connectivity index (χ3v) is 3.08. The third kappa shape index (κ3) is 5.16. The van der Waals surface area contributed by atoms with E-state index in [1.165, 1.54) is 4.90 Å². The second-order valence-electron chi connectivity index (χ2n) is 5.18. The monoisotopic (exact) mass is 312 g/mol. The number of rotatable bonds is 5. The lowest BCUT2D eigenvalue weighted by Crippen LogP contribution is -2.57. The highest BCUT2D eigenvalue weighted by Crippen LogP contribution is 2.28. The Morgan fingerprint density at radius 1 is 1.43 bits per heavy atom. The van der Waals surface area contributed by atoms with Crippen molar-refractivity contribution in [3.05, 3.63) is 0 Å². The number of nitrogens with zero attached hydrogens (tertiary/aromatic N) is 1. The highest BCUT2D eigenvalue weighted by molar-refractivity contribution is 5.82. The lowest BCUT2D eigenvalue weighted by Gasteiger charge is -2.36. The topological polar surface area (TPSA) is 78.9 Å².